The van der Waals surface area contributed by atoms with Crippen LogP contribution in [-0.2, 0) is 0 Å². The highest BCUT2D eigenvalue weighted by atomic mass is 19.1. The van der Waals surface area contributed by atoms with Crippen LogP contribution in [0.2, 0.25) is 0 Å². The molecule has 0 saturated carbocycles. The number of nitrogens with two attached hydrogens (primary N) is 1. The molecule has 22 heavy (non-hydrogen) atoms. The zero-order valence-corrected chi connectivity index (χ0v) is 11.7. The highest BCUT2D eigenvalue weighted by Crippen LogP contribution is 2.30. The van der Waals surface area contributed by atoms with Crippen molar-refractivity contribution in [2.24, 2.45) is 0 Å². The van der Waals surface area contributed by atoms with E-state index < -0.39 is 17.5 Å². The monoisotopic (exact) mass is 304 g/mol. The fourth-order valence-electron chi connectivity index (χ4n) is 2.26. The summed E-state index contributed by atoms with van der Waals surface area (Å²) in [6, 6.07) is 3.69. The summed E-state index contributed by atoms with van der Waals surface area (Å²) in [5.74, 6) is -1.69. The standard InChI is InChI=1S/C14H13FN4O3/c1-7-5-19(8-2-3-10(20)9(15)4-8)14(21)11-12(16)17-6-18-13(11)22-7/h2-4,6-7,20H,5H2,1H3,(H2,16,17,18)/t7-/m1/s1. The fraction of sp³-hybridized carbons (Fsp3) is 0.214. The van der Waals surface area contributed by atoms with Gasteiger partial charge in [0.2, 0.25) is 5.88 Å². The molecule has 1 aromatic heterocycles. The Hall–Kier alpha value is -2.90. The van der Waals surface area contributed by atoms with Crippen molar-refractivity contribution in [2.75, 3.05) is 17.2 Å². The van der Waals surface area contributed by atoms with E-state index >= 15 is 0 Å². The number of ether oxygens (including phenoxy) is 1. The van der Waals surface area contributed by atoms with Crippen molar-refractivity contribution in [1.29, 1.82) is 0 Å². The fourth-order valence-corrected chi connectivity index (χ4v) is 2.26. The summed E-state index contributed by atoms with van der Waals surface area (Å²) in [5.41, 5.74) is 6.07. The van der Waals surface area contributed by atoms with Crippen molar-refractivity contribution in [2.45, 2.75) is 13.0 Å². The van der Waals surface area contributed by atoms with Gasteiger partial charge in [0.15, 0.2) is 11.6 Å². The van der Waals surface area contributed by atoms with Gasteiger partial charge in [0.05, 0.1) is 6.54 Å². The van der Waals surface area contributed by atoms with Gasteiger partial charge >= 0.3 is 0 Å². The predicted octanol–water partition coefficient (Wildman–Crippen LogP) is 1.33. The zero-order chi connectivity index (χ0) is 15.9. The number of halogens is 1. The number of phenolic OH excluding ortho intramolecular Hbond substituents is 1. The van der Waals surface area contributed by atoms with Gasteiger partial charge in [-0.2, -0.15) is 0 Å². The lowest BCUT2D eigenvalue weighted by Gasteiger charge is -2.22. The summed E-state index contributed by atoms with van der Waals surface area (Å²) >= 11 is 0. The maximum Gasteiger partial charge on any atom is 0.267 e. The average Bonchev–Trinajstić information content (AvgIpc) is 2.59. The number of fused-ring (bicyclic) bond motifs is 1. The van der Waals surface area contributed by atoms with Gasteiger partial charge in [-0.3, -0.25) is 4.79 Å². The van der Waals surface area contributed by atoms with Crippen LogP contribution in [-0.4, -0.2) is 33.6 Å². The highest BCUT2D eigenvalue weighted by molar-refractivity contribution is 6.10. The predicted molar refractivity (Wildman–Crippen MR) is 76.3 cm³/mol. The molecule has 0 saturated heterocycles. The smallest absolute Gasteiger partial charge is 0.267 e. The minimum Gasteiger partial charge on any atom is -0.505 e. The molecule has 1 aliphatic rings. The van der Waals surface area contributed by atoms with E-state index in [2.05, 4.69) is 9.97 Å². The van der Waals surface area contributed by atoms with E-state index in [4.69, 9.17) is 10.5 Å². The minimum absolute atomic E-state index is 0.00616. The molecule has 2 heterocycles. The van der Waals surface area contributed by atoms with E-state index in [1.807, 2.05) is 0 Å². The maximum absolute atomic E-state index is 13.6. The molecule has 114 valence electrons. The van der Waals surface area contributed by atoms with Crippen LogP contribution in [0.25, 0.3) is 0 Å². The normalized spacial score (nSPS) is 17.6. The Labute approximate surface area is 125 Å². The quantitative estimate of drug-likeness (QED) is 0.824. The molecule has 2 aromatic rings. The molecular formula is C14H13FN4O3. The first kappa shape index (κ1) is 14.1. The number of anilines is 2. The van der Waals surface area contributed by atoms with Crippen molar-refractivity contribution in [3.8, 4) is 11.6 Å². The SMILES string of the molecule is C[C@@H]1CN(c2ccc(O)c(F)c2)C(=O)c2c(N)ncnc2O1. The van der Waals surface area contributed by atoms with Crippen molar-refractivity contribution >= 4 is 17.4 Å². The summed E-state index contributed by atoms with van der Waals surface area (Å²) in [5, 5.41) is 9.27. The Morgan fingerprint density at radius 1 is 1.45 bits per heavy atom. The second kappa shape index (κ2) is 5.14. The number of carbonyl (C=O) groups is 1. The van der Waals surface area contributed by atoms with Gasteiger partial charge < -0.3 is 20.5 Å². The molecule has 0 unspecified atom stereocenters. The van der Waals surface area contributed by atoms with Gasteiger partial charge in [-0.25, -0.2) is 14.4 Å². The van der Waals surface area contributed by atoms with Crippen LogP contribution in [0.5, 0.6) is 11.6 Å². The Bertz CT molecular complexity index is 753. The van der Waals surface area contributed by atoms with Crippen LogP contribution in [0.15, 0.2) is 24.5 Å². The molecule has 0 radical (unpaired) electrons. The van der Waals surface area contributed by atoms with Gasteiger partial charge in [-0.05, 0) is 19.1 Å². The van der Waals surface area contributed by atoms with Crippen LogP contribution in [0.1, 0.15) is 17.3 Å². The molecule has 0 bridgehead atoms. The second-order valence-corrected chi connectivity index (χ2v) is 4.92. The number of hydrogen-bond acceptors (Lipinski definition) is 6. The molecular weight excluding hydrogens is 291 g/mol. The van der Waals surface area contributed by atoms with Gasteiger partial charge in [0.25, 0.3) is 5.91 Å². The number of nitrogen functional groups attached to an aromatic ring is 1. The lowest BCUT2D eigenvalue weighted by molar-refractivity contribution is 0.0988. The summed E-state index contributed by atoms with van der Waals surface area (Å²) in [6.07, 6.45) is 0.834. The summed E-state index contributed by atoms with van der Waals surface area (Å²) in [7, 11) is 0. The number of rotatable bonds is 1. The first-order valence-corrected chi connectivity index (χ1v) is 6.55. The maximum atomic E-state index is 13.6. The second-order valence-electron chi connectivity index (χ2n) is 4.92. The Morgan fingerprint density at radius 3 is 2.95 bits per heavy atom. The van der Waals surface area contributed by atoms with Gasteiger partial charge in [-0.15, -0.1) is 0 Å². The van der Waals surface area contributed by atoms with Crippen molar-refractivity contribution in [3.63, 3.8) is 0 Å². The van der Waals surface area contributed by atoms with Crippen LogP contribution in [0, 0.1) is 5.82 Å². The Kier molecular flexibility index (Phi) is 3.28. The van der Waals surface area contributed by atoms with E-state index in [1.165, 1.54) is 23.4 Å². The largest absolute Gasteiger partial charge is 0.505 e. The van der Waals surface area contributed by atoms with E-state index in [1.54, 1.807) is 6.92 Å². The number of benzene rings is 1. The topological polar surface area (TPSA) is 102 Å². The highest BCUT2D eigenvalue weighted by Gasteiger charge is 2.31. The number of amides is 1. The van der Waals surface area contributed by atoms with Gasteiger partial charge in [-0.1, -0.05) is 0 Å². The molecule has 1 aromatic carbocycles. The molecule has 8 heteroatoms. The first-order valence-electron chi connectivity index (χ1n) is 6.55. The number of hydrogen-bond donors (Lipinski definition) is 2. The molecule has 1 atom stereocenters. The van der Waals surface area contributed by atoms with Crippen LogP contribution in [0.3, 0.4) is 0 Å². The molecule has 3 rings (SSSR count). The van der Waals surface area contributed by atoms with Crippen molar-refractivity contribution in [1.82, 2.24) is 9.97 Å². The molecule has 7 nitrogen and oxygen atoms in total. The van der Waals surface area contributed by atoms with Gasteiger partial charge in [0.1, 0.15) is 23.8 Å². The van der Waals surface area contributed by atoms with Crippen molar-refractivity contribution in [3.05, 3.63) is 35.9 Å². The number of nitrogens with zero attached hydrogens (tertiary/aromatic N) is 3. The lowest BCUT2D eigenvalue weighted by atomic mass is 10.2. The number of phenols is 1. The first-order chi connectivity index (χ1) is 10.5. The van der Waals surface area contributed by atoms with Crippen LogP contribution < -0.4 is 15.4 Å². The summed E-state index contributed by atoms with van der Waals surface area (Å²) in [6.45, 7) is 1.93. The van der Waals surface area contributed by atoms with Crippen LogP contribution in [0.4, 0.5) is 15.9 Å². The number of carbonyl (C=O) groups excluding carboxylic acids is 1. The third-order valence-corrected chi connectivity index (χ3v) is 3.30. The van der Waals surface area contributed by atoms with Crippen molar-refractivity contribution < 1.29 is 19.0 Å². The number of aromatic nitrogens is 2. The van der Waals surface area contributed by atoms with E-state index in [-0.39, 0.29) is 35.6 Å². The minimum atomic E-state index is -0.819. The third kappa shape index (κ3) is 2.28. The lowest BCUT2D eigenvalue weighted by Crippen LogP contribution is -2.36. The molecule has 0 fully saturated rings. The van der Waals surface area contributed by atoms with E-state index in [0.717, 1.165) is 6.07 Å². The molecule has 0 aliphatic carbocycles. The summed E-state index contributed by atoms with van der Waals surface area (Å²) in [4.78, 5) is 21.7. The summed E-state index contributed by atoms with van der Waals surface area (Å²) < 4.78 is 19.1. The molecule has 0 spiro atoms. The molecule has 1 aliphatic heterocycles. The van der Waals surface area contributed by atoms with Gasteiger partial charge in [0, 0.05) is 11.8 Å². The third-order valence-electron chi connectivity index (χ3n) is 3.30. The number of aromatic hydroxyl groups is 1. The Balaban J connectivity index is 2.10. The Morgan fingerprint density at radius 2 is 2.23 bits per heavy atom. The molecule has 1 amide bonds. The van der Waals surface area contributed by atoms with Crippen LogP contribution >= 0.6 is 0 Å². The zero-order valence-electron chi connectivity index (χ0n) is 11.7. The van der Waals surface area contributed by atoms with E-state index in [9.17, 15) is 14.3 Å². The molecule has 3 N–H and O–H groups in total. The van der Waals surface area contributed by atoms with E-state index in [0.29, 0.717) is 0 Å². The average molecular weight is 304 g/mol.